The summed E-state index contributed by atoms with van der Waals surface area (Å²) >= 11 is 6.02. The molecule has 134 valence electrons. The number of benzene rings is 2. The second-order valence-electron chi connectivity index (χ2n) is 6.25. The number of amides is 2. The van der Waals surface area contributed by atoms with Crippen LogP contribution in [-0.2, 0) is 4.79 Å². The largest absolute Gasteiger partial charge is 0.398 e. The predicted molar refractivity (Wildman–Crippen MR) is 104 cm³/mol. The average Bonchev–Trinajstić information content (AvgIpc) is 2.86. The Morgan fingerprint density at radius 3 is 2.58 bits per heavy atom. The van der Waals surface area contributed by atoms with E-state index in [0.717, 1.165) is 5.56 Å². The number of rotatable bonds is 3. The first kappa shape index (κ1) is 18.0. The molecule has 5 nitrogen and oxygen atoms in total. The van der Waals surface area contributed by atoms with Crippen molar-refractivity contribution in [3.63, 3.8) is 0 Å². The van der Waals surface area contributed by atoms with Crippen molar-refractivity contribution in [2.45, 2.75) is 19.1 Å². The molecule has 6 heteroatoms. The lowest BCUT2D eigenvalue weighted by Crippen LogP contribution is -2.42. The number of halogens is 1. The van der Waals surface area contributed by atoms with Gasteiger partial charge in [0.2, 0.25) is 5.91 Å². The molecule has 0 spiro atoms. The highest BCUT2D eigenvalue weighted by atomic mass is 35.5. The molecule has 0 radical (unpaired) electrons. The molecule has 26 heavy (non-hydrogen) atoms. The van der Waals surface area contributed by atoms with Crippen LogP contribution in [-0.4, -0.2) is 40.9 Å². The van der Waals surface area contributed by atoms with E-state index in [-0.39, 0.29) is 11.8 Å². The first-order chi connectivity index (χ1) is 12.4. The quantitative estimate of drug-likeness (QED) is 0.844. The maximum atomic E-state index is 13.1. The minimum atomic E-state index is -0.587. The molecule has 0 bridgehead atoms. The summed E-state index contributed by atoms with van der Waals surface area (Å²) in [6.07, 6.45) is 3.24. The molecule has 0 saturated carbocycles. The number of carbonyl (C=O) groups excluding carboxylic acids is 2. The molecule has 3 rings (SSSR count). The Morgan fingerprint density at radius 1 is 1.19 bits per heavy atom. The molecule has 2 amide bonds. The Balaban J connectivity index is 1.96. The van der Waals surface area contributed by atoms with Crippen molar-refractivity contribution in [3.05, 3.63) is 70.8 Å². The van der Waals surface area contributed by atoms with Crippen LogP contribution in [0.3, 0.4) is 0 Å². The molecule has 0 unspecified atom stereocenters. The van der Waals surface area contributed by atoms with Crippen LogP contribution < -0.4 is 5.73 Å². The highest BCUT2D eigenvalue weighted by molar-refractivity contribution is 6.31. The summed E-state index contributed by atoms with van der Waals surface area (Å²) in [4.78, 5) is 28.7. The van der Waals surface area contributed by atoms with E-state index < -0.39 is 12.2 Å². The van der Waals surface area contributed by atoms with Crippen LogP contribution in [0.15, 0.2) is 54.6 Å². The monoisotopic (exact) mass is 369 g/mol. The van der Waals surface area contributed by atoms with Gasteiger partial charge in [0.25, 0.3) is 5.91 Å². The number of nitrogens with zero attached hydrogens (tertiary/aromatic N) is 2. The fourth-order valence-corrected chi connectivity index (χ4v) is 3.26. The molecule has 2 aromatic rings. The number of nitrogen functional groups attached to an aromatic ring is 1. The van der Waals surface area contributed by atoms with Crippen molar-refractivity contribution < 1.29 is 9.59 Å². The van der Waals surface area contributed by atoms with Crippen LogP contribution in [0.4, 0.5) is 5.69 Å². The minimum absolute atomic E-state index is 0.123. The van der Waals surface area contributed by atoms with E-state index in [4.69, 9.17) is 17.3 Å². The van der Waals surface area contributed by atoms with Crippen molar-refractivity contribution in [2.75, 3.05) is 12.8 Å². The Bertz CT molecular complexity index is 867. The van der Waals surface area contributed by atoms with Gasteiger partial charge in [-0.3, -0.25) is 9.59 Å². The Morgan fingerprint density at radius 2 is 1.88 bits per heavy atom. The molecule has 1 saturated heterocycles. The van der Waals surface area contributed by atoms with E-state index in [2.05, 4.69) is 0 Å². The van der Waals surface area contributed by atoms with Gasteiger partial charge in [-0.05, 0) is 36.8 Å². The summed E-state index contributed by atoms with van der Waals surface area (Å²) in [5.74, 6) is -0.445. The summed E-state index contributed by atoms with van der Waals surface area (Å²) in [5.41, 5.74) is 7.58. The number of hydrogen-bond acceptors (Lipinski definition) is 3. The third kappa shape index (κ3) is 3.30. The number of hydrogen-bond donors (Lipinski definition) is 1. The smallest absolute Gasteiger partial charge is 0.258 e. The van der Waals surface area contributed by atoms with Crippen molar-refractivity contribution in [1.29, 1.82) is 0 Å². The summed E-state index contributed by atoms with van der Waals surface area (Å²) in [7, 11) is 1.69. The Labute approximate surface area is 157 Å². The van der Waals surface area contributed by atoms with Gasteiger partial charge in [-0.2, -0.15) is 0 Å². The average molecular weight is 370 g/mol. The zero-order valence-corrected chi connectivity index (χ0v) is 15.4. The molecule has 1 heterocycles. The molecular formula is C20H20ClN3O2. The molecule has 1 aliphatic heterocycles. The summed E-state index contributed by atoms with van der Waals surface area (Å²) < 4.78 is 0. The van der Waals surface area contributed by atoms with E-state index in [9.17, 15) is 9.59 Å². The summed E-state index contributed by atoms with van der Waals surface area (Å²) in [6.45, 7) is 1.72. The maximum Gasteiger partial charge on any atom is 0.258 e. The highest BCUT2D eigenvalue weighted by Crippen LogP contribution is 2.27. The van der Waals surface area contributed by atoms with Crippen LogP contribution in [0.1, 0.15) is 22.8 Å². The molecular weight excluding hydrogens is 350 g/mol. The minimum Gasteiger partial charge on any atom is -0.398 e. The number of carbonyl (C=O) groups is 2. The molecule has 2 aromatic carbocycles. The van der Waals surface area contributed by atoms with Crippen molar-refractivity contribution in [3.8, 4) is 0 Å². The normalized spacial score (nSPS) is 20.2. The zero-order chi connectivity index (χ0) is 18.8. The van der Waals surface area contributed by atoms with E-state index in [1.165, 1.54) is 11.0 Å². The van der Waals surface area contributed by atoms with E-state index in [0.29, 0.717) is 16.3 Å². The maximum absolute atomic E-state index is 13.1. The van der Waals surface area contributed by atoms with E-state index in [1.807, 2.05) is 42.5 Å². The summed E-state index contributed by atoms with van der Waals surface area (Å²) in [6, 6.07) is 13.9. The van der Waals surface area contributed by atoms with E-state index in [1.54, 1.807) is 31.0 Å². The van der Waals surface area contributed by atoms with Gasteiger partial charge in [0.1, 0.15) is 12.2 Å². The molecule has 1 aliphatic rings. The van der Waals surface area contributed by atoms with Crippen LogP contribution in [0.2, 0.25) is 5.02 Å². The van der Waals surface area contributed by atoms with E-state index >= 15 is 0 Å². The van der Waals surface area contributed by atoms with Gasteiger partial charge in [-0.1, -0.05) is 48.0 Å². The Kier molecular flexibility index (Phi) is 5.00. The van der Waals surface area contributed by atoms with Crippen LogP contribution >= 0.6 is 11.6 Å². The second kappa shape index (κ2) is 7.22. The van der Waals surface area contributed by atoms with Crippen molar-refractivity contribution in [1.82, 2.24) is 9.80 Å². The third-order valence-electron chi connectivity index (χ3n) is 4.54. The lowest BCUT2D eigenvalue weighted by atomic mass is 10.1. The Hall–Kier alpha value is -2.79. The third-order valence-corrected chi connectivity index (χ3v) is 4.78. The first-order valence-electron chi connectivity index (χ1n) is 8.28. The molecule has 2 N–H and O–H groups in total. The number of anilines is 1. The fourth-order valence-electron chi connectivity index (χ4n) is 3.09. The van der Waals surface area contributed by atoms with Crippen molar-refractivity contribution in [2.24, 2.45) is 0 Å². The first-order valence-corrected chi connectivity index (χ1v) is 8.65. The molecule has 0 aromatic heterocycles. The van der Waals surface area contributed by atoms with Gasteiger partial charge < -0.3 is 15.5 Å². The van der Waals surface area contributed by atoms with Gasteiger partial charge in [0.15, 0.2) is 0 Å². The molecule has 2 atom stereocenters. The SMILES string of the molecule is C[C@H]1C(=O)N(C)[C@@H](/C=C/c2ccccc2)N1C(=O)c1cc(Cl)ccc1N. The molecule has 1 fully saturated rings. The number of likely N-dealkylation sites (N-methyl/N-ethyl adjacent to an activating group) is 1. The lowest BCUT2D eigenvalue weighted by molar-refractivity contribution is -0.128. The van der Waals surface area contributed by atoms with Crippen LogP contribution in [0.5, 0.6) is 0 Å². The van der Waals surface area contributed by atoms with Gasteiger partial charge in [0.05, 0.1) is 5.56 Å². The fraction of sp³-hybridized carbons (Fsp3) is 0.200. The second-order valence-corrected chi connectivity index (χ2v) is 6.69. The summed E-state index contributed by atoms with van der Waals surface area (Å²) in [5, 5.41) is 0.422. The predicted octanol–water partition coefficient (Wildman–Crippen LogP) is 3.26. The number of nitrogens with two attached hydrogens (primary N) is 1. The highest BCUT2D eigenvalue weighted by Gasteiger charge is 2.43. The zero-order valence-electron chi connectivity index (χ0n) is 14.6. The standard InChI is InChI=1S/C20H20ClN3O2/c1-13-19(25)23(2)18(11-8-14-6-4-3-5-7-14)24(13)20(26)16-12-15(21)9-10-17(16)22/h3-13,18H,22H2,1-2H3/b11-8+/t13-,18+/m0/s1. The van der Waals surface area contributed by atoms with Gasteiger partial charge in [0, 0.05) is 17.8 Å². The van der Waals surface area contributed by atoms with Crippen molar-refractivity contribution >= 4 is 35.2 Å². The lowest BCUT2D eigenvalue weighted by Gasteiger charge is -2.27. The van der Waals surface area contributed by atoms with Gasteiger partial charge in [-0.25, -0.2) is 0 Å². The topological polar surface area (TPSA) is 66.6 Å². The van der Waals surface area contributed by atoms with Gasteiger partial charge in [-0.15, -0.1) is 0 Å². The van der Waals surface area contributed by atoms with Crippen LogP contribution in [0, 0.1) is 0 Å². The van der Waals surface area contributed by atoms with Gasteiger partial charge >= 0.3 is 0 Å². The van der Waals surface area contributed by atoms with Crippen LogP contribution in [0.25, 0.3) is 6.08 Å². The molecule has 0 aliphatic carbocycles.